The number of piperidine rings is 1. The van der Waals surface area contributed by atoms with Gasteiger partial charge in [-0.2, -0.15) is 10.4 Å². The van der Waals surface area contributed by atoms with Gasteiger partial charge >= 0.3 is 6.09 Å². The van der Waals surface area contributed by atoms with Gasteiger partial charge in [0.25, 0.3) is 0 Å². The average Bonchev–Trinajstić information content (AvgIpc) is 3.07. The summed E-state index contributed by atoms with van der Waals surface area (Å²) in [6.07, 6.45) is 4.52. The molecule has 1 aliphatic carbocycles. The predicted molar refractivity (Wildman–Crippen MR) is 176 cm³/mol. The van der Waals surface area contributed by atoms with Gasteiger partial charge < -0.3 is 24.4 Å². The lowest BCUT2D eigenvalue weighted by Gasteiger charge is -2.43. The Hall–Kier alpha value is -4.59. The molecule has 1 saturated heterocycles. The van der Waals surface area contributed by atoms with E-state index in [1.54, 1.807) is 69.2 Å². The number of carbonyl (C=O) groups is 3. The van der Waals surface area contributed by atoms with Gasteiger partial charge in [-0.25, -0.2) is 9.80 Å². The van der Waals surface area contributed by atoms with Crippen molar-refractivity contribution in [2.24, 2.45) is 16.9 Å². The maximum absolute atomic E-state index is 13.9. The van der Waals surface area contributed by atoms with E-state index < -0.39 is 17.7 Å². The number of nitriles is 1. The second-order valence-corrected chi connectivity index (χ2v) is 13.5. The van der Waals surface area contributed by atoms with Gasteiger partial charge in [0.05, 0.1) is 37.6 Å². The number of likely N-dealkylation sites (tertiary alicyclic amines) is 1. The molecule has 47 heavy (non-hydrogen) atoms. The second kappa shape index (κ2) is 14.4. The van der Waals surface area contributed by atoms with E-state index in [0.29, 0.717) is 43.0 Å². The molecule has 3 atom stereocenters. The summed E-state index contributed by atoms with van der Waals surface area (Å²) in [5.74, 6) is 1.02. The first kappa shape index (κ1) is 33.8. The van der Waals surface area contributed by atoms with Crippen LogP contribution < -0.4 is 14.8 Å². The Balaban J connectivity index is 1.33. The fourth-order valence-electron chi connectivity index (χ4n) is 6.84. The van der Waals surface area contributed by atoms with Crippen LogP contribution in [0.1, 0.15) is 76.0 Å². The summed E-state index contributed by atoms with van der Waals surface area (Å²) in [6, 6.07) is 13.8. The highest BCUT2D eigenvalue weighted by molar-refractivity contribution is 6.07. The maximum Gasteiger partial charge on any atom is 0.408 e. The molecule has 0 bridgehead atoms. The van der Waals surface area contributed by atoms with E-state index >= 15 is 0 Å². The van der Waals surface area contributed by atoms with Crippen LogP contribution in [0.2, 0.25) is 0 Å². The third-order valence-electron chi connectivity index (χ3n) is 9.19. The standard InChI is InChI=1S/C36H45N5O6/c1-36(2,3)47-35(44)38-29(20-23-10-12-24(22-37)13-11-23)34(43)40-18-16-26(17-19-40)41-33(42)28-9-7-6-8-27(28)32(39-41)25-14-15-30(45-4)31(21-25)46-5/h10-15,21,26-29H,6-9,16-20H2,1-5H3,(H,38,44)/t27-,28+,29+/m0/s1. The Morgan fingerprint density at radius 2 is 1.64 bits per heavy atom. The van der Waals surface area contributed by atoms with Gasteiger partial charge in [-0.05, 0) is 82.3 Å². The maximum atomic E-state index is 13.9. The van der Waals surface area contributed by atoms with Gasteiger partial charge in [-0.15, -0.1) is 0 Å². The summed E-state index contributed by atoms with van der Waals surface area (Å²) in [5, 5.41) is 18.7. The fourth-order valence-corrected chi connectivity index (χ4v) is 6.84. The highest BCUT2D eigenvalue weighted by Gasteiger charge is 2.44. The van der Waals surface area contributed by atoms with Crippen LogP contribution in [0.5, 0.6) is 11.5 Å². The summed E-state index contributed by atoms with van der Waals surface area (Å²) in [6.45, 7) is 6.15. The van der Waals surface area contributed by atoms with E-state index in [-0.39, 0.29) is 36.1 Å². The monoisotopic (exact) mass is 643 g/mol. The summed E-state index contributed by atoms with van der Waals surface area (Å²) in [4.78, 5) is 42.3. The number of ether oxygens (including phenoxy) is 3. The van der Waals surface area contributed by atoms with Gasteiger partial charge in [0.1, 0.15) is 11.6 Å². The number of amides is 3. The van der Waals surface area contributed by atoms with E-state index in [4.69, 9.17) is 19.3 Å². The van der Waals surface area contributed by atoms with Crippen LogP contribution >= 0.6 is 0 Å². The molecule has 2 aromatic rings. The zero-order valence-electron chi connectivity index (χ0n) is 28.0. The van der Waals surface area contributed by atoms with Gasteiger partial charge in [0, 0.05) is 36.9 Å². The van der Waals surface area contributed by atoms with Crippen molar-refractivity contribution in [2.75, 3.05) is 27.3 Å². The zero-order chi connectivity index (χ0) is 33.7. The third-order valence-corrected chi connectivity index (χ3v) is 9.19. The quantitative estimate of drug-likeness (QED) is 0.425. The van der Waals surface area contributed by atoms with E-state index in [0.717, 1.165) is 42.5 Å². The minimum Gasteiger partial charge on any atom is -0.493 e. The number of alkyl carbamates (subject to hydrolysis) is 1. The van der Waals surface area contributed by atoms with Crippen molar-refractivity contribution in [2.45, 2.75) is 83.4 Å². The molecule has 3 amide bonds. The lowest BCUT2D eigenvalue weighted by molar-refractivity contribution is -0.143. The molecule has 0 aromatic heterocycles. The lowest BCUT2D eigenvalue weighted by atomic mass is 9.73. The van der Waals surface area contributed by atoms with Gasteiger partial charge in [-0.1, -0.05) is 25.0 Å². The second-order valence-electron chi connectivity index (χ2n) is 13.5. The molecule has 0 radical (unpaired) electrons. The molecule has 1 saturated carbocycles. The smallest absolute Gasteiger partial charge is 0.408 e. The van der Waals surface area contributed by atoms with Crippen molar-refractivity contribution in [3.8, 4) is 17.6 Å². The number of hydrazone groups is 1. The minimum atomic E-state index is -0.858. The van der Waals surface area contributed by atoms with Crippen molar-refractivity contribution in [3.63, 3.8) is 0 Å². The number of nitrogens with one attached hydrogen (secondary N) is 1. The third kappa shape index (κ3) is 7.87. The number of benzene rings is 2. The van der Waals surface area contributed by atoms with Crippen molar-refractivity contribution in [3.05, 3.63) is 59.2 Å². The minimum absolute atomic E-state index is 0.0502. The number of carbonyl (C=O) groups excluding carboxylic acids is 3. The molecule has 2 aromatic carbocycles. The van der Waals surface area contributed by atoms with Crippen LogP contribution in [0.25, 0.3) is 0 Å². The molecule has 3 aliphatic rings. The van der Waals surface area contributed by atoms with E-state index in [1.807, 2.05) is 18.2 Å². The molecular weight excluding hydrogens is 598 g/mol. The molecule has 0 unspecified atom stereocenters. The van der Waals surface area contributed by atoms with Crippen molar-refractivity contribution >= 4 is 23.6 Å². The van der Waals surface area contributed by atoms with Gasteiger partial charge in [0.2, 0.25) is 11.8 Å². The number of methoxy groups -OCH3 is 2. The number of hydrogen-bond donors (Lipinski definition) is 1. The summed E-state index contributed by atoms with van der Waals surface area (Å²) < 4.78 is 16.5. The van der Waals surface area contributed by atoms with Gasteiger partial charge in [-0.3, -0.25) is 9.59 Å². The Kier molecular flexibility index (Phi) is 10.4. The van der Waals surface area contributed by atoms with Crippen molar-refractivity contribution in [1.29, 1.82) is 5.26 Å². The first-order valence-corrected chi connectivity index (χ1v) is 16.4. The molecule has 5 rings (SSSR count). The first-order valence-electron chi connectivity index (χ1n) is 16.4. The molecule has 250 valence electrons. The molecule has 11 nitrogen and oxygen atoms in total. The number of fused-ring (bicyclic) bond motifs is 1. The fraction of sp³-hybridized carbons (Fsp3) is 0.528. The van der Waals surface area contributed by atoms with Gasteiger partial charge in [0.15, 0.2) is 11.5 Å². The van der Waals surface area contributed by atoms with Crippen molar-refractivity contribution < 1.29 is 28.6 Å². The Morgan fingerprint density at radius 3 is 2.26 bits per heavy atom. The molecule has 0 spiro atoms. The number of hydrogen-bond acceptors (Lipinski definition) is 8. The van der Waals surface area contributed by atoms with E-state index in [2.05, 4.69) is 11.4 Å². The summed E-state index contributed by atoms with van der Waals surface area (Å²) >= 11 is 0. The van der Waals surface area contributed by atoms with Crippen LogP contribution in [0.3, 0.4) is 0 Å². The summed E-state index contributed by atoms with van der Waals surface area (Å²) in [5.41, 5.74) is 2.43. The van der Waals surface area contributed by atoms with Crippen LogP contribution in [0, 0.1) is 23.2 Å². The highest BCUT2D eigenvalue weighted by atomic mass is 16.6. The Labute approximate surface area is 276 Å². The topological polar surface area (TPSA) is 134 Å². The highest BCUT2D eigenvalue weighted by Crippen LogP contribution is 2.40. The molecule has 1 N–H and O–H groups in total. The Morgan fingerprint density at radius 1 is 0.979 bits per heavy atom. The van der Waals surface area contributed by atoms with E-state index in [9.17, 15) is 19.6 Å². The lowest BCUT2D eigenvalue weighted by Crippen LogP contribution is -2.56. The molecule has 2 heterocycles. The Bertz CT molecular complexity index is 1530. The summed E-state index contributed by atoms with van der Waals surface area (Å²) in [7, 11) is 3.21. The normalized spacial score (nSPS) is 20.8. The average molecular weight is 644 g/mol. The molecule has 2 fully saturated rings. The predicted octanol–water partition coefficient (Wildman–Crippen LogP) is 5.06. The SMILES string of the molecule is COc1ccc(C2=NN(C3CCN(C(=O)[C@@H](Cc4ccc(C#N)cc4)NC(=O)OC(C)(C)C)CC3)C(=O)[C@@H]3CCCC[C@H]23)cc1OC. The first-order chi connectivity index (χ1) is 22.5. The van der Waals surface area contributed by atoms with Crippen LogP contribution in [-0.2, 0) is 20.7 Å². The number of nitrogens with zero attached hydrogens (tertiary/aromatic N) is 4. The van der Waals surface area contributed by atoms with Crippen LogP contribution in [0.15, 0.2) is 47.6 Å². The van der Waals surface area contributed by atoms with E-state index in [1.165, 1.54) is 0 Å². The largest absolute Gasteiger partial charge is 0.493 e. The molecule has 2 aliphatic heterocycles. The van der Waals surface area contributed by atoms with Crippen LogP contribution in [-0.4, -0.2) is 78.5 Å². The number of rotatable bonds is 8. The van der Waals surface area contributed by atoms with Crippen LogP contribution in [0.4, 0.5) is 4.79 Å². The van der Waals surface area contributed by atoms with Crippen molar-refractivity contribution in [1.82, 2.24) is 15.2 Å². The zero-order valence-corrected chi connectivity index (χ0v) is 28.0. The molecular formula is C36H45N5O6. The molecule has 11 heteroatoms.